The van der Waals surface area contributed by atoms with E-state index < -0.39 is 0 Å². The highest BCUT2D eigenvalue weighted by molar-refractivity contribution is 5.81. The van der Waals surface area contributed by atoms with Gasteiger partial charge in [-0.25, -0.2) is 0 Å². The molecule has 26 heavy (non-hydrogen) atoms. The smallest absolute Gasteiger partial charge is 0.193 e. The number of likely N-dealkylation sites (tertiary alicyclic amines) is 1. The monoisotopic (exact) mass is 358 g/mol. The Kier molecular flexibility index (Phi) is 6.91. The number of aliphatic imine (C=N–C) groups is 1. The molecule has 0 spiro atoms. The molecule has 6 heteroatoms. The van der Waals surface area contributed by atoms with Crippen molar-refractivity contribution < 1.29 is 9.47 Å². The summed E-state index contributed by atoms with van der Waals surface area (Å²) < 4.78 is 11.0. The Hall–Kier alpha value is -2.05. The molecule has 2 N–H and O–H groups in total. The molecule has 0 radical (unpaired) electrons. The van der Waals surface area contributed by atoms with Crippen LogP contribution in [-0.2, 0) is 16.0 Å². The highest BCUT2D eigenvalue weighted by Crippen LogP contribution is 2.16. The van der Waals surface area contributed by atoms with Gasteiger partial charge in [0.2, 0.25) is 0 Å². The summed E-state index contributed by atoms with van der Waals surface area (Å²) >= 11 is 0. The van der Waals surface area contributed by atoms with E-state index in [-0.39, 0.29) is 0 Å². The van der Waals surface area contributed by atoms with E-state index in [1.807, 2.05) is 7.05 Å². The minimum atomic E-state index is 0.356. The van der Waals surface area contributed by atoms with Gasteiger partial charge in [0.05, 0.1) is 12.6 Å². The normalized spacial score (nSPS) is 16.4. The standard InChI is InChI=1S/C20H30N4O2/c1-21-20(22-15-17-14-16-6-3-4-7-19(16)23-17)24-10-8-18(9-11-24)26-13-5-12-25-2/h3-4,6-7,14,18,23H,5,8-13,15H2,1-2H3,(H,21,22). The quantitative estimate of drug-likeness (QED) is 0.454. The highest BCUT2D eigenvalue weighted by Gasteiger charge is 2.21. The van der Waals surface area contributed by atoms with Crippen LogP contribution in [0.3, 0.4) is 0 Å². The topological polar surface area (TPSA) is 61.9 Å². The lowest BCUT2D eigenvalue weighted by atomic mass is 10.1. The number of hydrogen-bond acceptors (Lipinski definition) is 3. The second-order valence-corrected chi connectivity index (χ2v) is 6.69. The Balaban J connectivity index is 1.44. The van der Waals surface area contributed by atoms with Crippen molar-refractivity contribution in [3.63, 3.8) is 0 Å². The number of aromatic amines is 1. The molecule has 0 saturated carbocycles. The van der Waals surface area contributed by atoms with E-state index in [1.165, 1.54) is 16.6 Å². The molecule has 0 unspecified atom stereocenters. The molecule has 0 atom stereocenters. The summed E-state index contributed by atoms with van der Waals surface area (Å²) in [6.07, 6.45) is 3.40. The van der Waals surface area contributed by atoms with Crippen molar-refractivity contribution >= 4 is 16.9 Å². The summed E-state index contributed by atoms with van der Waals surface area (Å²) in [5, 5.41) is 4.72. The number of nitrogens with zero attached hydrogens (tertiary/aromatic N) is 2. The van der Waals surface area contributed by atoms with Gasteiger partial charge in [0, 0.05) is 51.7 Å². The Labute approximate surface area is 155 Å². The van der Waals surface area contributed by atoms with E-state index in [9.17, 15) is 0 Å². The molecule has 1 aliphatic rings. The maximum absolute atomic E-state index is 5.94. The predicted octanol–water partition coefficient (Wildman–Crippen LogP) is 2.76. The minimum absolute atomic E-state index is 0.356. The van der Waals surface area contributed by atoms with E-state index in [0.717, 1.165) is 58.1 Å². The van der Waals surface area contributed by atoms with Crippen LogP contribution in [0.25, 0.3) is 10.9 Å². The zero-order valence-corrected chi connectivity index (χ0v) is 15.8. The molecule has 1 aromatic carbocycles. The molecule has 1 aliphatic heterocycles. The summed E-state index contributed by atoms with van der Waals surface area (Å²) in [5.41, 5.74) is 2.34. The number of piperidine rings is 1. The number of nitrogens with one attached hydrogen (secondary N) is 2. The summed E-state index contributed by atoms with van der Waals surface area (Å²) in [5.74, 6) is 0.960. The third-order valence-electron chi connectivity index (χ3n) is 4.82. The largest absolute Gasteiger partial charge is 0.385 e. The molecule has 3 rings (SSSR count). The number of fused-ring (bicyclic) bond motifs is 1. The molecule has 1 saturated heterocycles. The molecule has 0 bridgehead atoms. The highest BCUT2D eigenvalue weighted by atomic mass is 16.5. The fourth-order valence-electron chi connectivity index (χ4n) is 3.42. The molecular weight excluding hydrogens is 328 g/mol. The zero-order valence-electron chi connectivity index (χ0n) is 15.8. The van der Waals surface area contributed by atoms with Crippen LogP contribution in [0, 0.1) is 0 Å². The van der Waals surface area contributed by atoms with E-state index >= 15 is 0 Å². The zero-order chi connectivity index (χ0) is 18.2. The van der Waals surface area contributed by atoms with Crippen LogP contribution in [0.5, 0.6) is 0 Å². The van der Waals surface area contributed by atoms with Crippen LogP contribution in [0.2, 0.25) is 0 Å². The molecule has 1 aromatic heterocycles. The molecule has 2 heterocycles. The van der Waals surface area contributed by atoms with Gasteiger partial charge in [-0.1, -0.05) is 18.2 Å². The van der Waals surface area contributed by atoms with Crippen molar-refractivity contribution in [1.82, 2.24) is 15.2 Å². The van der Waals surface area contributed by atoms with Crippen LogP contribution in [-0.4, -0.2) is 62.4 Å². The lowest BCUT2D eigenvalue weighted by Gasteiger charge is -2.34. The van der Waals surface area contributed by atoms with Gasteiger partial charge in [0.25, 0.3) is 0 Å². The summed E-state index contributed by atoms with van der Waals surface area (Å²) in [6, 6.07) is 10.5. The Morgan fingerprint density at radius 2 is 2.08 bits per heavy atom. The van der Waals surface area contributed by atoms with Crippen LogP contribution < -0.4 is 5.32 Å². The van der Waals surface area contributed by atoms with E-state index in [0.29, 0.717) is 6.10 Å². The first-order chi connectivity index (χ1) is 12.8. The van der Waals surface area contributed by atoms with Crippen molar-refractivity contribution in [2.45, 2.75) is 31.9 Å². The first kappa shape index (κ1) is 18.7. The lowest BCUT2D eigenvalue weighted by Crippen LogP contribution is -2.46. The number of hydrogen-bond donors (Lipinski definition) is 2. The van der Waals surface area contributed by atoms with Crippen molar-refractivity contribution in [2.24, 2.45) is 4.99 Å². The molecular formula is C20H30N4O2. The van der Waals surface area contributed by atoms with E-state index in [4.69, 9.17) is 9.47 Å². The van der Waals surface area contributed by atoms with Gasteiger partial charge < -0.3 is 24.7 Å². The Bertz CT molecular complexity index is 672. The Morgan fingerprint density at radius 1 is 1.27 bits per heavy atom. The average molecular weight is 358 g/mol. The van der Waals surface area contributed by atoms with Gasteiger partial charge in [-0.3, -0.25) is 4.99 Å². The first-order valence-corrected chi connectivity index (χ1v) is 9.43. The van der Waals surface area contributed by atoms with Crippen LogP contribution in [0.4, 0.5) is 0 Å². The van der Waals surface area contributed by atoms with Gasteiger partial charge in [0.1, 0.15) is 0 Å². The maximum atomic E-state index is 5.94. The van der Waals surface area contributed by atoms with Crippen molar-refractivity contribution in [3.05, 3.63) is 36.0 Å². The van der Waals surface area contributed by atoms with Gasteiger partial charge in [-0.05, 0) is 36.8 Å². The maximum Gasteiger partial charge on any atom is 0.193 e. The van der Waals surface area contributed by atoms with Crippen molar-refractivity contribution in [2.75, 3.05) is 40.5 Å². The number of benzene rings is 1. The van der Waals surface area contributed by atoms with Gasteiger partial charge in [-0.15, -0.1) is 0 Å². The van der Waals surface area contributed by atoms with Crippen LogP contribution >= 0.6 is 0 Å². The number of methoxy groups -OCH3 is 1. The number of aromatic nitrogens is 1. The fraction of sp³-hybridized carbons (Fsp3) is 0.550. The SMILES string of the molecule is CN=C(NCc1cc2ccccc2[nH]1)N1CCC(OCCCOC)CC1. The van der Waals surface area contributed by atoms with Crippen molar-refractivity contribution in [3.8, 4) is 0 Å². The minimum Gasteiger partial charge on any atom is -0.385 e. The first-order valence-electron chi connectivity index (χ1n) is 9.43. The molecule has 6 nitrogen and oxygen atoms in total. The second-order valence-electron chi connectivity index (χ2n) is 6.69. The van der Waals surface area contributed by atoms with Gasteiger partial charge in [-0.2, -0.15) is 0 Å². The third-order valence-corrected chi connectivity index (χ3v) is 4.82. The number of rotatable bonds is 7. The summed E-state index contributed by atoms with van der Waals surface area (Å²) in [7, 11) is 3.58. The van der Waals surface area contributed by atoms with Crippen LogP contribution in [0.1, 0.15) is 25.0 Å². The molecule has 142 valence electrons. The molecule has 0 amide bonds. The van der Waals surface area contributed by atoms with Gasteiger partial charge in [0.15, 0.2) is 5.96 Å². The molecule has 0 aliphatic carbocycles. The predicted molar refractivity (Wildman–Crippen MR) is 106 cm³/mol. The second kappa shape index (κ2) is 9.59. The van der Waals surface area contributed by atoms with E-state index in [2.05, 4.69) is 50.5 Å². The molecule has 1 fully saturated rings. The molecule has 2 aromatic rings. The average Bonchev–Trinajstić information content (AvgIpc) is 3.10. The van der Waals surface area contributed by atoms with E-state index in [1.54, 1.807) is 7.11 Å². The number of H-pyrrole nitrogens is 1. The lowest BCUT2D eigenvalue weighted by molar-refractivity contribution is 0.00989. The fourth-order valence-corrected chi connectivity index (χ4v) is 3.42. The number of guanidine groups is 1. The summed E-state index contributed by atoms with van der Waals surface area (Å²) in [6.45, 7) is 4.24. The number of ether oxygens (including phenoxy) is 2. The van der Waals surface area contributed by atoms with Crippen LogP contribution in [0.15, 0.2) is 35.3 Å². The number of para-hydroxylation sites is 1. The summed E-state index contributed by atoms with van der Waals surface area (Å²) in [4.78, 5) is 10.2. The Morgan fingerprint density at radius 3 is 2.81 bits per heavy atom. The van der Waals surface area contributed by atoms with Crippen molar-refractivity contribution in [1.29, 1.82) is 0 Å². The van der Waals surface area contributed by atoms with Gasteiger partial charge >= 0.3 is 0 Å². The third kappa shape index (κ3) is 4.99.